The van der Waals surface area contributed by atoms with Crippen molar-refractivity contribution in [2.45, 2.75) is 55.3 Å². The second kappa shape index (κ2) is 11.1. The molecule has 1 spiro atoms. The molecule has 1 aromatic carbocycles. The van der Waals surface area contributed by atoms with E-state index < -0.39 is 52.8 Å². The summed E-state index contributed by atoms with van der Waals surface area (Å²) in [4.78, 5) is 39.6. The topological polar surface area (TPSA) is 105 Å². The third-order valence-electron chi connectivity index (χ3n) is 7.01. The van der Waals surface area contributed by atoms with Gasteiger partial charge in [0.25, 0.3) is 12.3 Å². The maximum absolute atomic E-state index is 13.6. The number of anilines is 1. The summed E-state index contributed by atoms with van der Waals surface area (Å²) in [5, 5.41) is 4.22. The van der Waals surface area contributed by atoms with Crippen molar-refractivity contribution in [3.8, 4) is 5.75 Å². The van der Waals surface area contributed by atoms with Gasteiger partial charge in [0, 0.05) is 32.0 Å². The van der Waals surface area contributed by atoms with E-state index in [-0.39, 0.29) is 36.8 Å². The molecule has 1 aromatic heterocycles. The lowest BCUT2D eigenvalue weighted by molar-refractivity contribution is -0.189. The van der Waals surface area contributed by atoms with Crippen LogP contribution in [0.25, 0.3) is 0 Å². The highest BCUT2D eigenvalue weighted by Crippen LogP contribution is 2.40. The Morgan fingerprint density at radius 2 is 1.80 bits per heavy atom. The lowest BCUT2D eigenvalue weighted by Gasteiger charge is -2.40. The van der Waals surface area contributed by atoms with Gasteiger partial charge in [-0.25, -0.2) is 17.9 Å². The Morgan fingerprint density at radius 1 is 1.15 bits per heavy atom. The second-order valence-corrected chi connectivity index (χ2v) is 11.3. The predicted molar refractivity (Wildman–Crippen MR) is 136 cm³/mol. The first-order chi connectivity index (χ1) is 19.0. The number of alkyl halides is 5. The van der Waals surface area contributed by atoms with Gasteiger partial charge < -0.3 is 24.8 Å². The van der Waals surface area contributed by atoms with Crippen molar-refractivity contribution in [1.82, 2.24) is 19.5 Å². The fourth-order valence-corrected chi connectivity index (χ4v) is 5.42. The molecule has 1 saturated heterocycles. The summed E-state index contributed by atoms with van der Waals surface area (Å²) in [6.45, 7) is 1.72. The average Bonchev–Trinajstić information content (AvgIpc) is 3.12. The van der Waals surface area contributed by atoms with E-state index in [4.69, 9.17) is 4.74 Å². The van der Waals surface area contributed by atoms with Crippen LogP contribution in [-0.4, -0.2) is 64.1 Å². The van der Waals surface area contributed by atoms with E-state index in [2.05, 4.69) is 10.0 Å². The quantitative estimate of drug-likeness (QED) is 0.274. The van der Waals surface area contributed by atoms with Gasteiger partial charge in [-0.1, -0.05) is 0 Å². The van der Waals surface area contributed by atoms with E-state index in [1.54, 1.807) is 18.6 Å². The van der Waals surface area contributed by atoms with Crippen LogP contribution in [0.1, 0.15) is 49.2 Å². The van der Waals surface area contributed by atoms with Crippen molar-refractivity contribution in [3.05, 3.63) is 41.5 Å². The van der Waals surface area contributed by atoms with Crippen LogP contribution in [0, 0.1) is 5.82 Å². The third kappa shape index (κ3) is 6.27. The van der Waals surface area contributed by atoms with Gasteiger partial charge >= 0.3 is 18.0 Å². The van der Waals surface area contributed by atoms with Crippen molar-refractivity contribution in [2.24, 2.45) is 7.05 Å². The molecule has 41 heavy (non-hydrogen) atoms. The number of ether oxygens (including phenoxy) is 1. The number of rotatable bonds is 4. The molecule has 4 rings (SSSR count). The lowest BCUT2D eigenvalue weighted by atomic mass is 9.89. The average molecular weight is 608 g/mol. The third-order valence-corrected chi connectivity index (χ3v) is 8.06. The van der Waals surface area contributed by atoms with E-state index in [9.17, 15) is 40.7 Å². The molecule has 1 fully saturated rings. The normalized spacial score (nSPS) is 17.1. The molecule has 0 atom stereocenters. The number of aryl methyl sites for hydroxylation is 1. The smallest absolute Gasteiger partial charge is 0.410 e. The highest BCUT2D eigenvalue weighted by Gasteiger charge is 2.50. The number of nitrogens with zero attached hydrogens (tertiary/aromatic N) is 2. The first kappa shape index (κ1) is 30.6. The van der Waals surface area contributed by atoms with Gasteiger partial charge in [0.15, 0.2) is 11.4 Å². The molecule has 0 unspecified atom stereocenters. The minimum Gasteiger partial charge on any atom is -0.488 e. The van der Waals surface area contributed by atoms with E-state index in [1.807, 2.05) is 0 Å². The number of carbonyl (C=O) groups is 3. The number of hydrogen-bond acceptors (Lipinski definition) is 6. The van der Waals surface area contributed by atoms with Gasteiger partial charge in [-0.15, -0.1) is 0 Å². The number of piperidine rings is 1. The van der Waals surface area contributed by atoms with Crippen LogP contribution in [0.2, 0.25) is 0 Å². The molecule has 2 aliphatic rings. The lowest BCUT2D eigenvalue weighted by Crippen LogP contribution is -2.60. The van der Waals surface area contributed by atoms with Crippen LogP contribution in [0.3, 0.4) is 0 Å². The molecular formula is C25H27F6N5O4S. The highest BCUT2D eigenvalue weighted by atomic mass is 32.2. The summed E-state index contributed by atoms with van der Waals surface area (Å²) in [6.07, 6.45) is -5.59. The number of amides is 3. The zero-order valence-corrected chi connectivity index (χ0v) is 22.9. The maximum atomic E-state index is 13.6. The largest absolute Gasteiger partial charge is 0.488 e. The fourth-order valence-electron chi connectivity index (χ4n) is 4.37. The Kier molecular flexibility index (Phi) is 8.28. The Hall–Kier alpha value is -3.40. The summed E-state index contributed by atoms with van der Waals surface area (Å²) >= 11 is 1.18. The monoisotopic (exact) mass is 607 g/mol. The van der Waals surface area contributed by atoms with Crippen LogP contribution in [0.4, 0.5) is 32.0 Å². The number of nitrogens with one attached hydrogen (secondary N) is 3. The van der Waals surface area contributed by atoms with Gasteiger partial charge in [0.2, 0.25) is 0 Å². The van der Waals surface area contributed by atoms with Gasteiger partial charge in [-0.05, 0) is 56.8 Å². The van der Waals surface area contributed by atoms with Crippen molar-refractivity contribution in [1.29, 1.82) is 0 Å². The standard InChI is InChI=1S/C25H27F6N5O4S/c1-23(2,25(29,30)31)33-21(38)22(39)36-8-6-24(7-9-36)12-40-18-16(41-34-24)11-35(3)17(18)20(37)32-13-4-5-15(26)14(10-13)19(27)28/h4-5,10-11,19,34H,6-9,12H2,1-3H3,(H,32,37)(H,33,38). The Bertz CT molecular complexity index is 1350. The Balaban J connectivity index is 1.41. The van der Waals surface area contributed by atoms with Crippen molar-refractivity contribution >= 4 is 35.4 Å². The number of likely N-dealkylation sites (tertiary alicyclic amines) is 1. The van der Waals surface area contributed by atoms with E-state index in [1.165, 1.54) is 21.4 Å². The molecule has 0 saturated carbocycles. The number of hydrogen-bond donors (Lipinski definition) is 3. The van der Waals surface area contributed by atoms with Crippen LogP contribution in [0.5, 0.6) is 5.75 Å². The molecule has 3 amide bonds. The zero-order valence-electron chi connectivity index (χ0n) is 22.1. The maximum Gasteiger partial charge on any atom is 0.410 e. The summed E-state index contributed by atoms with van der Waals surface area (Å²) < 4.78 is 89.9. The Labute approximate surface area is 235 Å². The molecule has 3 heterocycles. The first-order valence-corrected chi connectivity index (χ1v) is 13.2. The number of fused-ring (bicyclic) bond motifs is 1. The number of aromatic nitrogens is 1. The molecule has 0 bridgehead atoms. The van der Waals surface area contributed by atoms with E-state index in [0.717, 1.165) is 32.0 Å². The molecule has 2 aliphatic heterocycles. The molecule has 9 nitrogen and oxygen atoms in total. The van der Waals surface area contributed by atoms with Crippen LogP contribution in [0.15, 0.2) is 29.3 Å². The number of benzene rings is 1. The van der Waals surface area contributed by atoms with E-state index in [0.29, 0.717) is 17.7 Å². The molecule has 224 valence electrons. The molecular weight excluding hydrogens is 580 g/mol. The summed E-state index contributed by atoms with van der Waals surface area (Å²) in [6, 6.07) is 2.85. The van der Waals surface area contributed by atoms with Gasteiger partial charge in [0.05, 0.1) is 16.0 Å². The van der Waals surface area contributed by atoms with Crippen LogP contribution >= 0.6 is 11.9 Å². The SMILES string of the molecule is Cn1cc2c(c1C(=O)Nc1ccc(F)c(C(F)F)c1)OCC1(CCN(C(=O)C(=O)NC(C)(C)C(F)(F)F)CC1)NS2. The van der Waals surface area contributed by atoms with Crippen molar-refractivity contribution < 1.29 is 45.5 Å². The van der Waals surface area contributed by atoms with Crippen molar-refractivity contribution in [3.63, 3.8) is 0 Å². The summed E-state index contributed by atoms with van der Waals surface area (Å²) in [7, 11) is 1.59. The second-order valence-electron chi connectivity index (χ2n) is 10.4. The van der Waals surface area contributed by atoms with Crippen LogP contribution in [-0.2, 0) is 16.6 Å². The zero-order chi connectivity index (χ0) is 30.3. The van der Waals surface area contributed by atoms with Gasteiger partial charge in [-0.3, -0.25) is 14.4 Å². The summed E-state index contributed by atoms with van der Waals surface area (Å²) in [5.74, 6) is -3.97. The predicted octanol–water partition coefficient (Wildman–Crippen LogP) is 4.16. The van der Waals surface area contributed by atoms with E-state index >= 15 is 0 Å². The fraction of sp³-hybridized carbons (Fsp3) is 0.480. The molecule has 0 aliphatic carbocycles. The molecule has 3 N–H and O–H groups in total. The molecule has 16 heteroatoms. The van der Waals surface area contributed by atoms with Crippen LogP contribution < -0.4 is 20.1 Å². The summed E-state index contributed by atoms with van der Waals surface area (Å²) in [5.41, 5.74) is -4.06. The minimum absolute atomic E-state index is 0.0304. The van der Waals surface area contributed by atoms with Gasteiger partial charge in [0.1, 0.15) is 18.0 Å². The van der Waals surface area contributed by atoms with Crippen molar-refractivity contribution in [2.75, 3.05) is 25.0 Å². The first-order valence-electron chi connectivity index (χ1n) is 12.4. The molecule has 0 radical (unpaired) electrons. The number of halogens is 6. The molecule has 2 aromatic rings. The highest BCUT2D eigenvalue weighted by molar-refractivity contribution is 7.97. The minimum atomic E-state index is -4.74. The van der Waals surface area contributed by atoms with Gasteiger partial charge in [-0.2, -0.15) is 13.2 Å². The Morgan fingerprint density at radius 3 is 2.41 bits per heavy atom. The number of carbonyl (C=O) groups excluding carboxylic acids is 3.